The highest BCUT2D eigenvalue weighted by molar-refractivity contribution is 6.33. The molecule has 1 aromatic carbocycles. The fourth-order valence-electron chi connectivity index (χ4n) is 3.66. The molecule has 0 saturated carbocycles. The van der Waals surface area contributed by atoms with Crippen LogP contribution in [-0.2, 0) is 6.54 Å². The van der Waals surface area contributed by atoms with Crippen molar-refractivity contribution in [3.63, 3.8) is 0 Å². The largest absolute Gasteiger partial charge is 0.356 e. The number of rotatable bonds is 3. The molecule has 2 aromatic heterocycles. The lowest BCUT2D eigenvalue weighted by Crippen LogP contribution is -2.30. The number of nitrogens with zero attached hydrogens (tertiary/aromatic N) is 3. The summed E-state index contributed by atoms with van der Waals surface area (Å²) in [6, 6.07) is 8.25. The number of piperidine rings is 1. The maximum Gasteiger partial charge on any atom is 0.138 e. The van der Waals surface area contributed by atoms with Crippen LogP contribution in [0.25, 0.3) is 16.8 Å². The Hall–Kier alpha value is -2.04. The Balaban J connectivity index is 0.00000102. The smallest absolute Gasteiger partial charge is 0.138 e. The highest BCUT2D eigenvalue weighted by Gasteiger charge is 2.17. The number of nitrogens with two attached hydrogens (primary N) is 1. The molecule has 144 valence electrons. The van der Waals surface area contributed by atoms with Crippen molar-refractivity contribution in [3.05, 3.63) is 52.8 Å². The van der Waals surface area contributed by atoms with Crippen LogP contribution in [0.5, 0.6) is 0 Å². The predicted molar refractivity (Wildman–Crippen MR) is 116 cm³/mol. The van der Waals surface area contributed by atoms with Crippen LogP contribution in [0.1, 0.15) is 44.2 Å². The topological polar surface area (TPSA) is 46.6 Å². The summed E-state index contributed by atoms with van der Waals surface area (Å²) < 4.78 is 2.18. The predicted octanol–water partition coefficient (Wildman–Crippen LogP) is 5.44. The zero-order chi connectivity index (χ0) is 19.4. The number of aryl methyl sites for hydroxylation is 1. The summed E-state index contributed by atoms with van der Waals surface area (Å²) in [7, 11) is 0. The number of hydrogen-bond donors (Lipinski definition) is 1. The van der Waals surface area contributed by atoms with Gasteiger partial charge in [0.25, 0.3) is 0 Å². The zero-order valence-corrected chi connectivity index (χ0v) is 17.3. The second kappa shape index (κ2) is 8.77. The van der Waals surface area contributed by atoms with E-state index in [2.05, 4.69) is 38.7 Å². The molecule has 3 heterocycles. The molecule has 0 amide bonds. The Morgan fingerprint density at radius 3 is 2.48 bits per heavy atom. The minimum atomic E-state index is 0.460. The lowest BCUT2D eigenvalue weighted by Gasteiger charge is -2.28. The van der Waals surface area contributed by atoms with Crippen LogP contribution in [0.2, 0.25) is 5.02 Å². The number of aromatic nitrogens is 2. The number of pyridine rings is 1. The molecule has 0 unspecified atom stereocenters. The zero-order valence-electron chi connectivity index (χ0n) is 16.5. The molecule has 0 aliphatic carbocycles. The number of halogens is 1. The first-order chi connectivity index (χ1) is 13.2. The number of hydrogen-bond acceptors (Lipinski definition) is 3. The van der Waals surface area contributed by atoms with Crippen molar-refractivity contribution in [1.82, 2.24) is 9.38 Å². The van der Waals surface area contributed by atoms with Crippen molar-refractivity contribution in [3.8, 4) is 11.1 Å². The van der Waals surface area contributed by atoms with E-state index in [0.717, 1.165) is 51.8 Å². The Kier molecular flexibility index (Phi) is 6.40. The van der Waals surface area contributed by atoms with Gasteiger partial charge in [0.15, 0.2) is 0 Å². The molecule has 4 rings (SSSR count). The first-order valence-corrected chi connectivity index (χ1v) is 10.3. The maximum atomic E-state index is 6.53. The summed E-state index contributed by atoms with van der Waals surface area (Å²) in [6.45, 7) is 8.69. The summed E-state index contributed by atoms with van der Waals surface area (Å²) in [5.74, 6) is 1.16. The molecule has 27 heavy (non-hydrogen) atoms. The van der Waals surface area contributed by atoms with Gasteiger partial charge in [-0.3, -0.25) is 4.40 Å². The first kappa shape index (κ1) is 19.7. The second-order valence-electron chi connectivity index (χ2n) is 6.79. The molecule has 0 spiro atoms. The highest BCUT2D eigenvalue weighted by atomic mass is 35.5. The van der Waals surface area contributed by atoms with E-state index in [1.807, 2.05) is 33.0 Å². The Morgan fingerprint density at radius 2 is 1.81 bits per heavy atom. The molecule has 3 aromatic rings. The van der Waals surface area contributed by atoms with Crippen LogP contribution >= 0.6 is 11.6 Å². The molecule has 1 aliphatic heterocycles. The summed E-state index contributed by atoms with van der Waals surface area (Å²) in [5, 5.41) is 0.758. The van der Waals surface area contributed by atoms with Crippen molar-refractivity contribution in [1.29, 1.82) is 0 Å². The van der Waals surface area contributed by atoms with Gasteiger partial charge >= 0.3 is 0 Å². The molecule has 1 aliphatic rings. The van der Waals surface area contributed by atoms with E-state index >= 15 is 0 Å². The summed E-state index contributed by atoms with van der Waals surface area (Å²) in [4.78, 5) is 7.03. The van der Waals surface area contributed by atoms with Crippen molar-refractivity contribution >= 4 is 23.1 Å². The highest BCUT2D eigenvalue weighted by Crippen LogP contribution is 2.33. The lowest BCUT2D eigenvalue weighted by atomic mass is 10.0. The van der Waals surface area contributed by atoms with Crippen molar-refractivity contribution in [2.45, 2.75) is 46.6 Å². The number of fused-ring (bicyclic) bond motifs is 1. The molecule has 1 saturated heterocycles. The van der Waals surface area contributed by atoms with Crippen LogP contribution in [0, 0.1) is 6.92 Å². The van der Waals surface area contributed by atoms with Gasteiger partial charge in [0.2, 0.25) is 0 Å². The van der Waals surface area contributed by atoms with Gasteiger partial charge < -0.3 is 10.6 Å². The van der Waals surface area contributed by atoms with E-state index in [1.54, 1.807) is 0 Å². The quantitative estimate of drug-likeness (QED) is 0.654. The number of anilines is 1. The molecular weight excluding hydrogens is 356 g/mol. The van der Waals surface area contributed by atoms with Crippen molar-refractivity contribution in [2.24, 2.45) is 5.73 Å². The third-order valence-corrected chi connectivity index (χ3v) is 5.34. The van der Waals surface area contributed by atoms with E-state index in [0.29, 0.717) is 6.54 Å². The summed E-state index contributed by atoms with van der Waals surface area (Å²) in [5.41, 5.74) is 11.3. The van der Waals surface area contributed by atoms with Crippen LogP contribution < -0.4 is 10.6 Å². The molecule has 2 N–H and O–H groups in total. The molecular formula is C22H29ClN4. The first-order valence-electron chi connectivity index (χ1n) is 9.89. The van der Waals surface area contributed by atoms with Crippen LogP contribution in [-0.4, -0.2) is 22.5 Å². The van der Waals surface area contributed by atoms with Crippen LogP contribution in [0.3, 0.4) is 0 Å². The standard InChI is InChI=1S/C20H23ClN4.C2H6/c1-14-5-6-16(18(21)9-14)17-13-25-19(10-15(17)11-22)23-12-20(25)24-7-3-2-4-8-24;1-2/h5-6,9-10,12-13H,2-4,7-8,11,22H2,1H3;1-2H3. The summed E-state index contributed by atoms with van der Waals surface area (Å²) in [6.07, 6.45) is 7.91. The van der Waals surface area contributed by atoms with E-state index in [-0.39, 0.29) is 0 Å². The molecule has 0 bridgehead atoms. The lowest BCUT2D eigenvalue weighted by molar-refractivity contribution is 0.572. The SMILES string of the molecule is CC.Cc1ccc(-c2cn3c(N4CCCCC4)cnc3cc2CN)c(Cl)c1. The number of imidazole rings is 1. The van der Waals surface area contributed by atoms with Gasteiger partial charge in [0.05, 0.1) is 6.20 Å². The third kappa shape index (κ3) is 3.97. The molecule has 5 heteroatoms. The average molecular weight is 385 g/mol. The van der Waals surface area contributed by atoms with Crippen molar-refractivity contribution in [2.75, 3.05) is 18.0 Å². The Labute approximate surface area is 167 Å². The van der Waals surface area contributed by atoms with E-state index in [1.165, 1.54) is 19.3 Å². The maximum absolute atomic E-state index is 6.53. The Morgan fingerprint density at radius 1 is 1.07 bits per heavy atom. The van der Waals surface area contributed by atoms with Gasteiger partial charge in [-0.25, -0.2) is 4.98 Å². The minimum Gasteiger partial charge on any atom is -0.356 e. The van der Waals surface area contributed by atoms with Gasteiger partial charge in [-0.2, -0.15) is 0 Å². The molecule has 0 radical (unpaired) electrons. The van der Waals surface area contributed by atoms with E-state index < -0.39 is 0 Å². The van der Waals surface area contributed by atoms with E-state index in [9.17, 15) is 0 Å². The fourth-order valence-corrected chi connectivity index (χ4v) is 3.99. The second-order valence-corrected chi connectivity index (χ2v) is 7.20. The van der Waals surface area contributed by atoms with Gasteiger partial charge in [0, 0.05) is 42.0 Å². The molecule has 1 fully saturated rings. The molecule has 0 atom stereocenters. The van der Waals surface area contributed by atoms with E-state index in [4.69, 9.17) is 17.3 Å². The van der Waals surface area contributed by atoms with Crippen LogP contribution in [0.15, 0.2) is 36.7 Å². The molecule has 4 nitrogen and oxygen atoms in total. The summed E-state index contributed by atoms with van der Waals surface area (Å²) >= 11 is 6.53. The van der Waals surface area contributed by atoms with Gasteiger partial charge in [-0.1, -0.05) is 37.6 Å². The Bertz CT molecular complexity index is 910. The minimum absolute atomic E-state index is 0.460. The normalized spacial score (nSPS) is 14.2. The fraction of sp³-hybridized carbons (Fsp3) is 0.409. The van der Waals surface area contributed by atoms with Gasteiger partial charge in [-0.15, -0.1) is 0 Å². The van der Waals surface area contributed by atoms with Gasteiger partial charge in [0.1, 0.15) is 11.5 Å². The van der Waals surface area contributed by atoms with Crippen molar-refractivity contribution < 1.29 is 0 Å². The third-order valence-electron chi connectivity index (χ3n) is 5.03. The van der Waals surface area contributed by atoms with Gasteiger partial charge in [-0.05, 0) is 49.4 Å². The average Bonchev–Trinajstić information content (AvgIpc) is 3.12. The van der Waals surface area contributed by atoms with Crippen LogP contribution in [0.4, 0.5) is 5.82 Å². The number of benzene rings is 1. The monoisotopic (exact) mass is 384 g/mol.